The molecule has 0 bridgehead atoms. The minimum atomic E-state index is -4.96. The number of hydrogen-bond acceptors (Lipinski definition) is 15. The highest BCUT2D eigenvalue weighted by Crippen LogP contribution is 2.45. The van der Waals surface area contributed by atoms with Gasteiger partial charge in [-0.25, -0.2) is 9.13 Å². The van der Waals surface area contributed by atoms with Gasteiger partial charge < -0.3 is 33.8 Å². The van der Waals surface area contributed by atoms with Gasteiger partial charge in [0, 0.05) is 25.7 Å². The summed E-state index contributed by atoms with van der Waals surface area (Å²) in [5.41, 5.74) is 0. The van der Waals surface area contributed by atoms with Gasteiger partial charge >= 0.3 is 39.5 Å². The number of aliphatic hydroxyl groups excluding tert-OH is 1. The van der Waals surface area contributed by atoms with Crippen molar-refractivity contribution in [1.29, 1.82) is 0 Å². The molecule has 0 aromatic heterocycles. The number of carbonyl (C=O) groups excluding carboxylic acids is 4. The van der Waals surface area contributed by atoms with E-state index in [1.807, 2.05) is 0 Å². The van der Waals surface area contributed by atoms with Gasteiger partial charge in [-0.05, 0) is 37.5 Å². The van der Waals surface area contributed by atoms with Crippen LogP contribution in [0.5, 0.6) is 0 Å². The van der Waals surface area contributed by atoms with E-state index in [0.29, 0.717) is 25.7 Å². The van der Waals surface area contributed by atoms with Crippen LogP contribution in [-0.2, 0) is 65.4 Å². The van der Waals surface area contributed by atoms with E-state index >= 15 is 0 Å². The maximum atomic E-state index is 13.1. The Morgan fingerprint density at radius 3 is 0.680 bits per heavy atom. The minimum Gasteiger partial charge on any atom is -0.462 e. The van der Waals surface area contributed by atoms with Gasteiger partial charge in [0.05, 0.1) is 26.4 Å². The van der Waals surface area contributed by atoms with E-state index < -0.39 is 97.5 Å². The fourth-order valence-electron chi connectivity index (χ4n) is 12.5. The molecule has 5 atom stereocenters. The quantitative estimate of drug-likeness (QED) is 0.0222. The summed E-state index contributed by atoms with van der Waals surface area (Å²) in [7, 11) is -9.92. The normalized spacial score (nSPS) is 13.9. The lowest BCUT2D eigenvalue weighted by Gasteiger charge is -2.21. The summed E-state index contributed by atoms with van der Waals surface area (Å²) in [6.07, 6.45) is 62.4. The molecule has 0 rings (SSSR count). The zero-order chi connectivity index (χ0) is 73.5. The Kier molecular flexibility index (Phi) is 71.2. The summed E-state index contributed by atoms with van der Waals surface area (Å²) >= 11 is 0. The molecule has 2 unspecified atom stereocenters. The predicted molar refractivity (Wildman–Crippen MR) is 409 cm³/mol. The average molecular weight is 1470 g/mol. The molecular weight excluding hydrogens is 1310 g/mol. The maximum absolute atomic E-state index is 13.1. The van der Waals surface area contributed by atoms with E-state index in [0.717, 1.165) is 102 Å². The minimum absolute atomic E-state index is 0.108. The van der Waals surface area contributed by atoms with E-state index in [9.17, 15) is 43.2 Å². The summed E-state index contributed by atoms with van der Waals surface area (Å²) in [5.74, 6) is -0.506. The molecule has 0 aromatic rings. The largest absolute Gasteiger partial charge is 0.472 e. The molecule has 0 heterocycles. The second kappa shape index (κ2) is 72.6. The summed E-state index contributed by atoms with van der Waals surface area (Å²) in [5, 5.41) is 10.6. The highest BCUT2D eigenvalue weighted by atomic mass is 31.2. The summed E-state index contributed by atoms with van der Waals surface area (Å²) in [6, 6.07) is 0. The number of rotatable bonds is 80. The molecule has 0 radical (unpaired) electrons. The zero-order valence-corrected chi connectivity index (χ0v) is 67.3. The van der Waals surface area contributed by atoms with Gasteiger partial charge in [0.2, 0.25) is 0 Å². The Morgan fingerprint density at radius 1 is 0.270 bits per heavy atom. The van der Waals surface area contributed by atoms with E-state index in [1.165, 1.54) is 244 Å². The fourth-order valence-corrected chi connectivity index (χ4v) is 14.1. The van der Waals surface area contributed by atoms with Gasteiger partial charge in [-0.15, -0.1) is 0 Å². The van der Waals surface area contributed by atoms with Crippen LogP contribution in [0, 0.1) is 11.8 Å². The van der Waals surface area contributed by atoms with Crippen LogP contribution in [0.3, 0.4) is 0 Å². The van der Waals surface area contributed by atoms with Crippen molar-refractivity contribution >= 4 is 39.5 Å². The first kappa shape index (κ1) is 98.1. The molecule has 19 heteroatoms. The van der Waals surface area contributed by atoms with Crippen molar-refractivity contribution in [3.8, 4) is 0 Å². The number of unbranched alkanes of at least 4 members (excludes halogenated alkanes) is 50. The highest BCUT2D eigenvalue weighted by Gasteiger charge is 2.30. The van der Waals surface area contributed by atoms with Gasteiger partial charge in [-0.1, -0.05) is 375 Å². The summed E-state index contributed by atoms with van der Waals surface area (Å²) in [4.78, 5) is 73.0. The van der Waals surface area contributed by atoms with Crippen LogP contribution in [0.15, 0.2) is 0 Å². The van der Waals surface area contributed by atoms with Crippen LogP contribution < -0.4 is 0 Å². The molecule has 0 aliphatic rings. The lowest BCUT2D eigenvalue weighted by molar-refractivity contribution is -0.161. The molecule has 0 aromatic carbocycles. The number of phosphoric ester groups is 2. The Balaban J connectivity index is 5.21. The lowest BCUT2D eigenvalue weighted by atomic mass is 10.0. The van der Waals surface area contributed by atoms with Crippen molar-refractivity contribution in [1.82, 2.24) is 0 Å². The van der Waals surface area contributed by atoms with Crippen molar-refractivity contribution in [3.63, 3.8) is 0 Å². The van der Waals surface area contributed by atoms with E-state index in [2.05, 4.69) is 41.5 Å². The van der Waals surface area contributed by atoms with Gasteiger partial charge in [0.25, 0.3) is 0 Å². The smallest absolute Gasteiger partial charge is 0.462 e. The van der Waals surface area contributed by atoms with Crippen molar-refractivity contribution in [2.75, 3.05) is 39.6 Å². The maximum Gasteiger partial charge on any atom is 0.472 e. The van der Waals surface area contributed by atoms with Crippen LogP contribution in [-0.4, -0.2) is 96.7 Å². The second-order valence-corrected chi connectivity index (χ2v) is 33.0. The zero-order valence-electron chi connectivity index (χ0n) is 65.5. The van der Waals surface area contributed by atoms with E-state index in [1.54, 1.807) is 0 Å². The van der Waals surface area contributed by atoms with Crippen LogP contribution in [0.1, 0.15) is 427 Å². The summed E-state index contributed by atoms with van der Waals surface area (Å²) in [6.45, 7) is 9.67. The van der Waals surface area contributed by atoms with Crippen molar-refractivity contribution in [2.45, 2.75) is 445 Å². The number of carbonyl (C=O) groups is 4. The third-order valence-corrected chi connectivity index (χ3v) is 20.9. The van der Waals surface area contributed by atoms with Crippen molar-refractivity contribution in [2.24, 2.45) is 11.8 Å². The van der Waals surface area contributed by atoms with Crippen LogP contribution in [0.2, 0.25) is 0 Å². The molecule has 594 valence electrons. The van der Waals surface area contributed by atoms with Crippen LogP contribution >= 0.6 is 15.6 Å². The number of ether oxygens (including phenoxy) is 4. The Bertz CT molecular complexity index is 1920. The predicted octanol–water partition coefficient (Wildman–Crippen LogP) is 24.3. The van der Waals surface area contributed by atoms with E-state index in [4.69, 9.17) is 37.0 Å². The molecule has 0 aliphatic carbocycles. The SMILES string of the molecule is CCCCCCCCCCCCCCCCCC(=O)O[C@H](COC(=O)CCCCCCCCCCC)COP(=O)(O)OC[C@H](O)COP(=O)(O)OC[C@@H](COC(=O)CCCCCCCCCCCCCCC(C)C)OC(=O)CCCCCCCCCCCCCCCCCCCCC(C)C. The molecule has 0 saturated heterocycles. The Morgan fingerprint density at radius 2 is 0.460 bits per heavy atom. The molecule has 0 fully saturated rings. The standard InChI is InChI=1S/C81H158O17P2/c1-7-9-11-13-15-17-18-19-24-28-35-41-47-53-59-65-80(85)97-76(69-91-78(83)63-57-51-45-37-16-14-12-10-8-2)71-95-99(87,88)93-67-75(82)68-94-100(89,90)96-72-77(70-92-79(84)64-58-52-46-40-34-31-30-33-39-44-50-56-62-74(5)6)98-81(86)66-60-54-48-42-36-29-26-23-21-20-22-25-27-32-38-43-49-55-61-73(3)4/h73-77,82H,7-72H2,1-6H3,(H,87,88)(H,89,90)/t75-,76+,77+/m0/s1. The third kappa shape index (κ3) is 74.3. The molecule has 100 heavy (non-hydrogen) atoms. The number of esters is 4. The molecule has 0 spiro atoms. The Labute approximate surface area is 613 Å². The molecular formula is C81H158O17P2. The lowest BCUT2D eigenvalue weighted by Crippen LogP contribution is -2.30. The highest BCUT2D eigenvalue weighted by molar-refractivity contribution is 7.47. The first-order valence-corrected chi connectivity index (χ1v) is 45.0. The van der Waals surface area contributed by atoms with Gasteiger partial charge in [-0.2, -0.15) is 0 Å². The molecule has 17 nitrogen and oxygen atoms in total. The van der Waals surface area contributed by atoms with Gasteiger partial charge in [-0.3, -0.25) is 37.3 Å². The third-order valence-electron chi connectivity index (χ3n) is 19.0. The van der Waals surface area contributed by atoms with Crippen LogP contribution in [0.4, 0.5) is 0 Å². The molecule has 0 amide bonds. The topological polar surface area (TPSA) is 237 Å². The van der Waals surface area contributed by atoms with Crippen molar-refractivity contribution in [3.05, 3.63) is 0 Å². The molecule has 0 saturated carbocycles. The molecule has 0 aliphatic heterocycles. The fraction of sp³-hybridized carbons (Fsp3) is 0.951. The first-order chi connectivity index (χ1) is 48.4. The Hall–Kier alpha value is -1.94. The average Bonchev–Trinajstić information content (AvgIpc) is 0.951. The van der Waals surface area contributed by atoms with Crippen LogP contribution in [0.25, 0.3) is 0 Å². The summed E-state index contributed by atoms with van der Waals surface area (Å²) < 4.78 is 68.7. The first-order valence-electron chi connectivity index (χ1n) is 42.0. The second-order valence-electron chi connectivity index (χ2n) is 30.1. The molecule has 3 N–H and O–H groups in total. The van der Waals surface area contributed by atoms with E-state index in [-0.39, 0.29) is 25.7 Å². The number of aliphatic hydroxyl groups is 1. The van der Waals surface area contributed by atoms with Gasteiger partial charge in [0.15, 0.2) is 12.2 Å². The number of phosphoric acid groups is 2. The monoisotopic (exact) mass is 1470 g/mol. The van der Waals surface area contributed by atoms with Crippen molar-refractivity contribution < 1.29 is 80.2 Å². The van der Waals surface area contributed by atoms with Gasteiger partial charge in [0.1, 0.15) is 19.3 Å². The number of hydrogen-bond donors (Lipinski definition) is 3.